The Balaban J connectivity index is 3.01. The average Bonchev–Trinajstić information content (AvgIpc) is 2.23. The summed E-state index contributed by atoms with van der Waals surface area (Å²) in [5, 5.41) is 14.2. The largest absolute Gasteiger partial charge is 0.465 e. The Morgan fingerprint density at radius 3 is 2.42 bits per heavy atom. The number of rotatable bonds is 3. The molecule has 0 aromatic heterocycles. The average molecular weight is 285 g/mol. The van der Waals surface area contributed by atoms with Crippen LogP contribution in [0.5, 0.6) is 0 Å². The first kappa shape index (κ1) is 15.3. The number of benzene rings is 1. The Labute approximate surface area is 117 Å². The fourth-order valence-electron chi connectivity index (χ4n) is 1.55. The van der Waals surface area contributed by atoms with Gasteiger partial charge in [0.05, 0.1) is 0 Å². The predicted molar refractivity (Wildman–Crippen MR) is 73.2 cm³/mol. The summed E-state index contributed by atoms with van der Waals surface area (Å²) in [6.45, 7) is 5.46. The van der Waals surface area contributed by atoms with Gasteiger partial charge >= 0.3 is 6.09 Å². The van der Waals surface area contributed by atoms with E-state index in [2.05, 4.69) is 10.6 Å². The maximum absolute atomic E-state index is 12.1. The molecule has 104 valence electrons. The smallest absolute Gasteiger partial charge is 0.405 e. The van der Waals surface area contributed by atoms with Gasteiger partial charge in [0.15, 0.2) is 0 Å². The Hall–Kier alpha value is -1.75. The van der Waals surface area contributed by atoms with Crippen LogP contribution in [0.1, 0.15) is 32.4 Å². The molecule has 2 amide bonds. The van der Waals surface area contributed by atoms with Crippen molar-refractivity contribution in [3.8, 4) is 0 Å². The molecule has 1 unspecified atom stereocenters. The summed E-state index contributed by atoms with van der Waals surface area (Å²) < 4.78 is 0. The van der Waals surface area contributed by atoms with Gasteiger partial charge in [-0.05, 0) is 38.5 Å². The maximum Gasteiger partial charge on any atom is 0.405 e. The van der Waals surface area contributed by atoms with E-state index in [1.165, 1.54) is 0 Å². The Morgan fingerprint density at radius 1 is 1.32 bits per heavy atom. The third-order valence-corrected chi connectivity index (χ3v) is 2.45. The Morgan fingerprint density at radius 2 is 1.95 bits per heavy atom. The third kappa shape index (κ3) is 5.18. The number of nitrogens with one attached hydrogen (secondary N) is 2. The number of hydrogen-bond acceptors (Lipinski definition) is 2. The zero-order valence-electron chi connectivity index (χ0n) is 11.0. The highest BCUT2D eigenvalue weighted by atomic mass is 35.5. The first-order chi connectivity index (χ1) is 8.69. The Bertz CT molecular complexity index is 483. The number of carboxylic acid groups (broad SMARTS) is 1. The molecule has 1 aromatic carbocycles. The van der Waals surface area contributed by atoms with Gasteiger partial charge in [0.25, 0.3) is 0 Å². The third-order valence-electron chi connectivity index (χ3n) is 2.21. The van der Waals surface area contributed by atoms with Gasteiger partial charge in [-0.1, -0.05) is 23.7 Å². The van der Waals surface area contributed by atoms with Gasteiger partial charge in [0, 0.05) is 10.6 Å². The lowest BCUT2D eigenvalue weighted by molar-refractivity contribution is -0.124. The molecule has 0 aliphatic carbocycles. The molecule has 0 heterocycles. The van der Waals surface area contributed by atoms with Gasteiger partial charge < -0.3 is 15.7 Å². The normalized spacial score (nSPS) is 12.6. The summed E-state index contributed by atoms with van der Waals surface area (Å²) in [4.78, 5) is 22.9. The molecule has 5 nitrogen and oxygen atoms in total. The molecule has 19 heavy (non-hydrogen) atoms. The van der Waals surface area contributed by atoms with Crippen LogP contribution in [0.25, 0.3) is 0 Å². The molecule has 0 fully saturated rings. The van der Waals surface area contributed by atoms with Crippen molar-refractivity contribution >= 4 is 23.6 Å². The Kier molecular flexibility index (Phi) is 4.78. The van der Waals surface area contributed by atoms with Gasteiger partial charge in [-0.3, -0.25) is 4.79 Å². The van der Waals surface area contributed by atoms with Crippen LogP contribution in [0.3, 0.4) is 0 Å². The van der Waals surface area contributed by atoms with E-state index in [4.69, 9.17) is 16.7 Å². The maximum atomic E-state index is 12.1. The molecule has 0 bridgehead atoms. The van der Waals surface area contributed by atoms with Crippen LogP contribution in [-0.2, 0) is 4.79 Å². The van der Waals surface area contributed by atoms with Crippen LogP contribution in [-0.4, -0.2) is 22.6 Å². The van der Waals surface area contributed by atoms with Gasteiger partial charge in [-0.15, -0.1) is 0 Å². The summed E-state index contributed by atoms with van der Waals surface area (Å²) in [6, 6.07) is 5.54. The minimum absolute atomic E-state index is 0.419. The molecule has 1 aromatic rings. The second kappa shape index (κ2) is 5.93. The highest BCUT2D eigenvalue weighted by Crippen LogP contribution is 2.19. The quantitative estimate of drug-likeness (QED) is 0.798. The van der Waals surface area contributed by atoms with Crippen molar-refractivity contribution in [2.45, 2.75) is 32.4 Å². The molecular formula is C13H17ClN2O3. The van der Waals surface area contributed by atoms with E-state index in [1.54, 1.807) is 24.3 Å². The number of hydrogen-bond donors (Lipinski definition) is 3. The molecule has 6 heteroatoms. The van der Waals surface area contributed by atoms with Crippen LogP contribution in [0, 0.1) is 0 Å². The van der Waals surface area contributed by atoms with Crippen molar-refractivity contribution in [3.63, 3.8) is 0 Å². The van der Waals surface area contributed by atoms with Crippen LogP contribution in [0.4, 0.5) is 4.79 Å². The molecule has 0 aliphatic heterocycles. The minimum Gasteiger partial charge on any atom is -0.465 e. The van der Waals surface area contributed by atoms with E-state index in [9.17, 15) is 9.59 Å². The predicted octanol–water partition coefficient (Wildman–Crippen LogP) is 2.56. The SMILES string of the molecule is CC(C)(C)NC(=O)C(NC(=O)O)c1cccc(Cl)c1. The monoisotopic (exact) mass is 284 g/mol. The van der Waals surface area contributed by atoms with Crippen molar-refractivity contribution in [2.24, 2.45) is 0 Å². The number of amides is 2. The van der Waals surface area contributed by atoms with Gasteiger partial charge in [-0.25, -0.2) is 4.79 Å². The molecule has 1 rings (SSSR count). The highest BCUT2D eigenvalue weighted by Gasteiger charge is 2.26. The first-order valence-electron chi connectivity index (χ1n) is 5.76. The number of carbonyl (C=O) groups excluding carboxylic acids is 1. The summed E-state index contributed by atoms with van der Waals surface area (Å²) in [5.41, 5.74) is 0.0466. The van der Waals surface area contributed by atoms with Crippen molar-refractivity contribution in [1.82, 2.24) is 10.6 Å². The van der Waals surface area contributed by atoms with E-state index in [0.717, 1.165) is 0 Å². The summed E-state index contributed by atoms with van der Waals surface area (Å²) in [5.74, 6) is -0.419. The second-order valence-electron chi connectivity index (χ2n) is 5.18. The minimum atomic E-state index is -1.27. The molecule has 0 spiro atoms. The first-order valence-corrected chi connectivity index (χ1v) is 6.14. The van der Waals surface area contributed by atoms with Gasteiger partial charge in [0.2, 0.25) is 5.91 Å². The van der Waals surface area contributed by atoms with Crippen LogP contribution < -0.4 is 10.6 Å². The zero-order valence-corrected chi connectivity index (χ0v) is 11.8. The van der Waals surface area contributed by atoms with Crippen molar-refractivity contribution < 1.29 is 14.7 Å². The number of carbonyl (C=O) groups is 2. The topological polar surface area (TPSA) is 78.4 Å². The second-order valence-corrected chi connectivity index (χ2v) is 5.61. The van der Waals surface area contributed by atoms with Crippen LogP contribution >= 0.6 is 11.6 Å². The molecule has 1 atom stereocenters. The molecule has 3 N–H and O–H groups in total. The van der Waals surface area contributed by atoms with Crippen molar-refractivity contribution in [1.29, 1.82) is 0 Å². The van der Waals surface area contributed by atoms with E-state index in [1.807, 2.05) is 20.8 Å². The number of halogens is 1. The van der Waals surface area contributed by atoms with Gasteiger partial charge in [-0.2, -0.15) is 0 Å². The highest BCUT2D eigenvalue weighted by molar-refractivity contribution is 6.30. The molecule has 0 radical (unpaired) electrons. The summed E-state index contributed by atoms with van der Waals surface area (Å²) >= 11 is 5.86. The summed E-state index contributed by atoms with van der Waals surface area (Å²) in [6.07, 6.45) is -1.27. The van der Waals surface area contributed by atoms with E-state index >= 15 is 0 Å². The lowest BCUT2D eigenvalue weighted by Gasteiger charge is -2.25. The zero-order chi connectivity index (χ0) is 14.6. The molecule has 0 saturated carbocycles. The summed E-state index contributed by atoms with van der Waals surface area (Å²) in [7, 11) is 0. The van der Waals surface area contributed by atoms with E-state index < -0.39 is 23.6 Å². The fraction of sp³-hybridized carbons (Fsp3) is 0.385. The standard InChI is InChI=1S/C13H17ClN2O3/c1-13(2,3)16-11(17)10(15-12(18)19)8-5-4-6-9(14)7-8/h4-7,10,15H,1-3H3,(H,16,17)(H,18,19). The lowest BCUT2D eigenvalue weighted by atomic mass is 10.0. The molecule has 0 aliphatic rings. The van der Waals surface area contributed by atoms with Crippen LogP contribution in [0.2, 0.25) is 5.02 Å². The van der Waals surface area contributed by atoms with Crippen molar-refractivity contribution in [2.75, 3.05) is 0 Å². The molecule has 0 saturated heterocycles. The fourth-order valence-corrected chi connectivity index (χ4v) is 1.75. The van der Waals surface area contributed by atoms with Gasteiger partial charge in [0.1, 0.15) is 6.04 Å². The van der Waals surface area contributed by atoms with E-state index in [0.29, 0.717) is 10.6 Å². The molecular weight excluding hydrogens is 268 g/mol. The lowest BCUT2D eigenvalue weighted by Crippen LogP contribution is -2.47. The van der Waals surface area contributed by atoms with Crippen molar-refractivity contribution in [3.05, 3.63) is 34.9 Å². The van der Waals surface area contributed by atoms with Crippen LogP contribution in [0.15, 0.2) is 24.3 Å². The van der Waals surface area contributed by atoms with E-state index in [-0.39, 0.29) is 0 Å².